The van der Waals surface area contributed by atoms with Crippen LogP contribution in [0.15, 0.2) is 97.2 Å². The third-order valence-electron chi connectivity index (χ3n) is 11.8. The minimum Gasteiger partial charge on any atom is -0.481 e. The summed E-state index contributed by atoms with van der Waals surface area (Å²) < 4.78 is 13.5. The zero-order valence-electron chi connectivity index (χ0n) is 35.7. The molecule has 2 heterocycles. The molecule has 0 saturated carbocycles. The molecule has 5 aromatic rings. The van der Waals surface area contributed by atoms with Gasteiger partial charge in [-0.15, -0.1) is 0 Å². The minimum absolute atomic E-state index is 0.0453. The van der Waals surface area contributed by atoms with Crippen molar-refractivity contribution >= 4 is 64.8 Å². The van der Waals surface area contributed by atoms with Gasteiger partial charge in [0.15, 0.2) is 0 Å². The Hall–Kier alpha value is -6.35. The summed E-state index contributed by atoms with van der Waals surface area (Å²) in [6.07, 6.45) is 1.38. The first-order chi connectivity index (χ1) is 30.5. The van der Waals surface area contributed by atoms with Gasteiger partial charge >= 0.3 is 13.6 Å². The number of carboxylic acid groups (broad SMARTS) is 1. The maximum atomic E-state index is 14.5. The summed E-state index contributed by atoms with van der Waals surface area (Å²) in [5.41, 5.74) is 7.90. The van der Waals surface area contributed by atoms with E-state index in [9.17, 15) is 48.2 Å². The summed E-state index contributed by atoms with van der Waals surface area (Å²) in [5.74, 6) is -5.71. The summed E-state index contributed by atoms with van der Waals surface area (Å²) >= 11 is 0. The number of hydrogen-bond acceptors (Lipinski definition) is 7. The number of nitrogens with two attached hydrogens (primary N) is 1. The maximum Gasteiger partial charge on any atom is 0.329 e. The van der Waals surface area contributed by atoms with Crippen molar-refractivity contribution in [1.29, 1.82) is 0 Å². The second-order valence-electron chi connectivity index (χ2n) is 16.6. The Bertz CT molecular complexity index is 2560. The summed E-state index contributed by atoms with van der Waals surface area (Å²) in [7, 11) is -4.35. The average molecular weight is 895 g/mol. The van der Waals surface area contributed by atoms with Crippen molar-refractivity contribution in [2.75, 3.05) is 19.6 Å². The van der Waals surface area contributed by atoms with Gasteiger partial charge in [-0.2, -0.15) is 0 Å². The Balaban J connectivity index is 1.17. The highest BCUT2D eigenvalue weighted by Gasteiger charge is 2.46. The van der Waals surface area contributed by atoms with Gasteiger partial charge in [0.05, 0.1) is 24.9 Å². The lowest BCUT2D eigenvalue weighted by molar-refractivity contribution is -0.145. The highest BCUT2D eigenvalue weighted by atomic mass is 31.2. The molecule has 1 aliphatic rings. The van der Waals surface area contributed by atoms with E-state index >= 15 is 0 Å². The zero-order valence-corrected chi connectivity index (χ0v) is 36.6. The number of amides is 5. The Morgan fingerprint density at radius 1 is 0.844 bits per heavy atom. The molecular weight excluding hydrogens is 840 g/mol. The van der Waals surface area contributed by atoms with Crippen LogP contribution in [0.25, 0.3) is 21.7 Å². The number of aromatic nitrogens is 1. The number of fused-ring (bicyclic) bond motifs is 2. The van der Waals surface area contributed by atoms with Gasteiger partial charge in [-0.1, -0.05) is 78.4 Å². The molecule has 64 heavy (non-hydrogen) atoms. The van der Waals surface area contributed by atoms with Crippen molar-refractivity contribution in [3.8, 4) is 0 Å². The summed E-state index contributed by atoms with van der Waals surface area (Å²) in [5, 5.41) is 21.3. The lowest BCUT2D eigenvalue weighted by Gasteiger charge is -2.42. The van der Waals surface area contributed by atoms with Gasteiger partial charge in [0.25, 0.3) is 0 Å². The van der Waals surface area contributed by atoms with Crippen LogP contribution in [0.2, 0.25) is 0 Å². The highest BCUT2D eigenvalue weighted by molar-refractivity contribution is 7.50. The van der Waals surface area contributed by atoms with Crippen LogP contribution >= 0.6 is 7.60 Å². The van der Waals surface area contributed by atoms with Gasteiger partial charge in [0.1, 0.15) is 11.6 Å². The average Bonchev–Trinajstić information content (AvgIpc) is 3.65. The van der Waals surface area contributed by atoms with Crippen LogP contribution in [0.4, 0.5) is 0 Å². The first-order valence-corrected chi connectivity index (χ1v) is 23.1. The van der Waals surface area contributed by atoms with Crippen molar-refractivity contribution in [2.45, 2.75) is 82.6 Å². The smallest absolute Gasteiger partial charge is 0.329 e. The van der Waals surface area contributed by atoms with Gasteiger partial charge in [0, 0.05) is 44.3 Å². The molecule has 0 spiro atoms. The van der Waals surface area contributed by atoms with Crippen LogP contribution in [-0.2, 0) is 58.9 Å². The number of aryl methyl sites for hydroxylation is 3. The van der Waals surface area contributed by atoms with E-state index in [0.717, 1.165) is 32.8 Å². The molecule has 5 amide bonds. The molecule has 1 aromatic heterocycles. The monoisotopic (exact) mass is 894 g/mol. The quantitative estimate of drug-likeness (QED) is 0.0436. The fraction of sp³-hybridized carbons (Fsp3) is 0.362. The molecule has 16 nitrogen and oxygen atoms in total. The Labute approximate surface area is 370 Å². The number of rotatable bonds is 20. The number of hydrogen-bond donors (Lipinski definition) is 7. The van der Waals surface area contributed by atoms with E-state index < -0.39 is 73.7 Å². The first kappa shape index (κ1) is 47.1. The number of carboxylic acids is 1. The molecule has 4 aromatic carbocycles. The molecule has 0 aliphatic carbocycles. The van der Waals surface area contributed by atoms with Crippen LogP contribution in [0, 0.1) is 12.8 Å². The lowest BCUT2D eigenvalue weighted by atomic mass is 9.84. The van der Waals surface area contributed by atoms with Gasteiger partial charge in [-0.3, -0.25) is 33.3 Å². The molecule has 0 radical (unpaired) electrons. The van der Waals surface area contributed by atoms with Crippen LogP contribution in [0.1, 0.15) is 60.8 Å². The van der Waals surface area contributed by atoms with Crippen molar-refractivity contribution in [1.82, 2.24) is 25.4 Å². The number of carbonyl (C=O) groups excluding carboxylic acids is 5. The van der Waals surface area contributed by atoms with E-state index in [1.54, 1.807) is 17.0 Å². The summed E-state index contributed by atoms with van der Waals surface area (Å²) in [6.45, 7) is 2.73. The number of primary amides is 1. The van der Waals surface area contributed by atoms with E-state index in [-0.39, 0.29) is 51.2 Å². The van der Waals surface area contributed by atoms with E-state index in [1.807, 2.05) is 78.4 Å². The Morgan fingerprint density at radius 3 is 2.25 bits per heavy atom. The number of likely N-dealkylation sites (tertiary alicyclic amines) is 1. The summed E-state index contributed by atoms with van der Waals surface area (Å²) in [4.78, 5) is 101. The van der Waals surface area contributed by atoms with E-state index in [2.05, 4.69) is 22.0 Å². The fourth-order valence-corrected chi connectivity index (χ4v) is 9.06. The lowest BCUT2D eigenvalue weighted by Crippen LogP contribution is -2.66. The molecule has 338 valence electrons. The van der Waals surface area contributed by atoms with Crippen LogP contribution in [-0.4, -0.2) is 91.1 Å². The molecule has 1 fully saturated rings. The van der Waals surface area contributed by atoms with Crippen LogP contribution in [0.5, 0.6) is 0 Å². The Morgan fingerprint density at radius 2 is 1.55 bits per heavy atom. The molecular formula is C47H55N6O10P. The summed E-state index contributed by atoms with van der Waals surface area (Å²) in [6, 6.07) is 26.7. The van der Waals surface area contributed by atoms with E-state index in [4.69, 9.17) is 5.73 Å². The van der Waals surface area contributed by atoms with E-state index in [1.165, 1.54) is 12.1 Å². The predicted molar refractivity (Wildman–Crippen MR) is 241 cm³/mol. The van der Waals surface area contributed by atoms with Crippen LogP contribution in [0.3, 0.4) is 0 Å². The number of carbonyl (C=O) groups is 6. The van der Waals surface area contributed by atoms with Gasteiger partial charge in [-0.25, -0.2) is 0 Å². The SMILES string of the molecule is Cc1ccc2c(ccn2CCC(=O)N2CCC(NC(=O)[C@H](CC(=O)O)Cc3ccc(CP(=O)(O)O)cc3)(C(=O)N[C@@H](CC(N)=O)C(=O)NCCCc3cccc4ccccc34)CC2)c1. The van der Waals surface area contributed by atoms with Gasteiger partial charge in [-0.05, 0) is 90.1 Å². The molecule has 1 saturated heterocycles. The predicted octanol–water partition coefficient (Wildman–Crippen LogP) is 4.09. The first-order valence-electron chi connectivity index (χ1n) is 21.3. The highest BCUT2D eigenvalue weighted by Crippen LogP contribution is 2.39. The van der Waals surface area contributed by atoms with Crippen molar-refractivity contribution in [3.05, 3.63) is 119 Å². The molecule has 1 aliphatic heterocycles. The van der Waals surface area contributed by atoms with E-state index in [0.29, 0.717) is 30.5 Å². The fourth-order valence-electron chi connectivity index (χ4n) is 8.38. The van der Waals surface area contributed by atoms with Crippen molar-refractivity contribution < 1.29 is 48.2 Å². The van der Waals surface area contributed by atoms with Gasteiger partial charge < -0.3 is 46.0 Å². The number of aliphatic carboxylic acids is 1. The molecule has 6 rings (SSSR count). The van der Waals surface area contributed by atoms with Crippen molar-refractivity contribution in [3.63, 3.8) is 0 Å². The second-order valence-corrected chi connectivity index (χ2v) is 18.3. The number of nitrogens with zero attached hydrogens (tertiary/aromatic N) is 2. The second kappa shape index (κ2) is 20.9. The third-order valence-corrected chi connectivity index (χ3v) is 12.6. The minimum atomic E-state index is -4.35. The molecule has 8 N–H and O–H groups in total. The number of nitrogens with one attached hydrogen (secondary N) is 3. The molecule has 0 unspecified atom stereocenters. The third kappa shape index (κ3) is 12.6. The van der Waals surface area contributed by atoms with Gasteiger partial charge in [0.2, 0.25) is 29.5 Å². The molecule has 17 heteroatoms. The van der Waals surface area contributed by atoms with Crippen molar-refractivity contribution in [2.24, 2.45) is 11.7 Å². The maximum absolute atomic E-state index is 14.5. The molecule has 0 bridgehead atoms. The topological polar surface area (TPSA) is 250 Å². The van der Waals surface area contributed by atoms with Crippen LogP contribution < -0.4 is 21.7 Å². The number of benzene rings is 4. The largest absolute Gasteiger partial charge is 0.481 e. The molecule has 2 atom stereocenters. The number of piperidine rings is 1. The standard InChI is InChI=1S/C47H55N6O10P/c1-31-11-16-40-36(26-31)17-22-52(40)23-18-42(55)53-24-19-47(20-25-53,51-44(58)37(28-43(56)57)27-32-12-14-33(15-13-32)30-64(61,62)63)46(60)50-39(29-41(48)54)45(59)49-21-5-9-35-8-4-7-34-6-2-3-10-38(34)35/h2-4,6-8,10-17,22,26,37,39H,5,9,18-21,23-25,27-30H2,1H3,(H2,48,54)(H,49,59)(H,50,60)(H,51,58)(H,56,57)(H2,61,62,63)/t37-,39-/m0/s1. The normalized spacial score (nSPS) is 14.7. The zero-order chi connectivity index (χ0) is 46.0. The Kier molecular flexibility index (Phi) is 15.4.